The van der Waals surface area contributed by atoms with Crippen molar-refractivity contribution in [1.29, 1.82) is 0 Å². The Balaban J connectivity index is 2.85. The predicted molar refractivity (Wildman–Crippen MR) is 48.3 cm³/mol. The molecule has 1 aliphatic rings. The van der Waals surface area contributed by atoms with Crippen LogP contribution in [0.5, 0.6) is 0 Å². The molecule has 0 heterocycles. The van der Waals surface area contributed by atoms with Gasteiger partial charge in [0.05, 0.1) is 12.6 Å². The lowest BCUT2D eigenvalue weighted by Crippen LogP contribution is -2.52. The second-order valence-electron chi connectivity index (χ2n) is 3.38. The molecule has 1 aliphatic carbocycles. The van der Waals surface area contributed by atoms with Crippen LogP contribution < -0.4 is 11.1 Å². The fourth-order valence-corrected chi connectivity index (χ4v) is 1.20. The Labute approximate surface area is 84.8 Å². The lowest BCUT2D eigenvalue weighted by atomic mass is 10.0. The van der Waals surface area contributed by atoms with E-state index >= 15 is 0 Å². The van der Waals surface area contributed by atoms with Crippen LogP contribution in [-0.4, -0.2) is 12.0 Å². The number of nitrogens with two attached hydrogens (primary N) is 1. The molecule has 0 amide bonds. The van der Waals surface area contributed by atoms with Gasteiger partial charge in [0.15, 0.2) is 11.7 Å². The lowest BCUT2D eigenvalue weighted by molar-refractivity contribution is 0.0977. The van der Waals surface area contributed by atoms with Gasteiger partial charge in [-0.1, -0.05) is 6.92 Å². The Morgan fingerprint density at radius 2 is 2.13 bits per heavy atom. The van der Waals surface area contributed by atoms with Gasteiger partial charge in [0.1, 0.15) is 5.83 Å². The monoisotopic (exact) mass is 224 g/mol. The minimum atomic E-state index is -2.74. The number of rotatable bonds is 3. The minimum Gasteiger partial charge on any atom is -0.316 e. The molecular weight excluding hydrogens is 212 g/mol. The van der Waals surface area contributed by atoms with E-state index in [1.807, 2.05) is 0 Å². The van der Waals surface area contributed by atoms with Crippen molar-refractivity contribution in [2.45, 2.75) is 31.7 Å². The van der Waals surface area contributed by atoms with E-state index in [0.29, 0.717) is 6.42 Å². The molecule has 15 heavy (non-hydrogen) atoms. The minimum absolute atomic E-state index is 0.189. The van der Waals surface area contributed by atoms with Gasteiger partial charge in [-0.25, -0.2) is 17.6 Å². The number of allylic oxidation sites excluding steroid dienone is 2. The van der Waals surface area contributed by atoms with Gasteiger partial charge < -0.3 is 5.73 Å². The van der Waals surface area contributed by atoms with Crippen molar-refractivity contribution in [3.8, 4) is 0 Å². The molecule has 86 valence electrons. The topological polar surface area (TPSA) is 38.0 Å². The first-order valence-corrected chi connectivity index (χ1v) is 4.53. The summed E-state index contributed by atoms with van der Waals surface area (Å²) in [5.41, 5.74) is 5.35. The molecule has 0 saturated heterocycles. The van der Waals surface area contributed by atoms with E-state index in [-0.39, 0.29) is 6.08 Å². The third kappa shape index (κ3) is 2.57. The SMILES string of the molecule is CCC(N)NC1(F)CC(F)=C(F)C=C1F. The van der Waals surface area contributed by atoms with Crippen molar-refractivity contribution in [3.63, 3.8) is 0 Å². The van der Waals surface area contributed by atoms with E-state index in [0.717, 1.165) is 0 Å². The van der Waals surface area contributed by atoms with Gasteiger partial charge in [-0.3, -0.25) is 5.32 Å². The number of alkyl halides is 1. The molecule has 0 aliphatic heterocycles. The highest BCUT2D eigenvalue weighted by atomic mass is 19.2. The fraction of sp³-hybridized carbons (Fsp3) is 0.556. The summed E-state index contributed by atoms with van der Waals surface area (Å²) in [6.07, 6.45) is -1.31. The Morgan fingerprint density at radius 1 is 1.53 bits per heavy atom. The molecule has 0 aromatic carbocycles. The van der Waals surface area contributed by atoms with Crippen LogP contribution in [0.2, 0.25) is 0 Å². The van der Waals surface area contributed by atoms with Crippen LogP contribution >= 0.6 is 0 Å². The number of hydrogen-bond acceptors (Lipinski definition) is 2. The molecule has 0 bridgehead atoms. The third-order valence-electron chi connectivity index (χ3n) is 2.14. The summed E-state index contributed by atoms with van der Waals surface area (Å²) in [5, 5.41) is 2.07. The van der Waals surface area contributed by atoms with Crippen LogP contribution in [0.15, 0.2) is 23.6 Å². The van der Waals surface area contributed by atoms with E-state index in [4.69, 9.17) is 5.73 Å². The average molecular weight is 224 g/mol. The van der Waals surface area contributed by atoms with Crippen molar-refractivity contribution in [1.82, 2.24) is 5.32 Å². The van der Waals surface area contributed by atoms with E-state index in [1.165, 1.54) is 0 Å². The largest absolute Gasteiger partial charge is 0.316 e. The van der Waals surface area contributed by atoms with Crippen LogP contribution in [-0.2, 0) is 0 Å². The quantitative estimate of drug-likeness (QED) is 0.438. The molecule has 0 radical (unpaired) electrons. The summed E-state index contributed by atoms with van der Waals surface area (Å²) in [4.78, 5) is 0. The van der Waals surface area contributed by atoms with Gasteiger partial charge in [-0.05, 0) is 6.42 Å². The zero-order valence-corrected chi connectivity index (χ0v) is 8.16. The number of nitrogens with one attached hydrogen (secondary N) is 1. The smallest absolute Gasteiger partial charge is 0.221 e. The van der Waals surface area contributed by atoms with Crippen molar-refractivity contribution in [3.05, 3.63) is 23.6 Å². The Bertz CT molecular complexity index is 313. The van der Waals surface area contributed by atoms with Crippen LogP contribution in [0.1, 0.15) is 19.8 Å². The summed E-state index contributed by atoms with van der Waals surface area (Å²) in [5.74, 6) is -6.85. The normalized spacial score (nSPS) is 29.1. The van der Waals surface area contributed by atoms with E-state index in [9.17, 15) is 17.6 Å². The molecule has 0 aromatic rings. The van der Waals surface area contributed by atoms with Gasteiger partial charge in [-0.15, -0.1) is 0 Å². The summed E-state index contributed by atoms with van der Waals surface area (Å²) in [6, 6.07) is 0. The average Bonchev–Trinajstić information content (AvgIpc) is 2.15. The number of hydrogen-bond donors (Lipinski definition) is 2. The first kappa shape index (κ1) is 12.2. The zero-order chi connectivity index (χ0) is 11.6. The van der Waals surface area contributed by atoms with E-state index < -0.39 is 35.9 Å². The van der Waals surface area contributed by atoms with Crippen molar-refractivity contribution in [2.24, 2.45) is 5.73 Å². The third-order valence-corrected chi connectivity index (χ3v) is 2.14. The van der Waals surface area contributed by atoms with Gasteiger partial charge in [0.25, 0.3) is 0 Å². The van der Waals surface area contributed by atoms with Crippen molar-refractivity contribution >= 4 is 0 Å². The standard InChI is InChI=1S/C9H12F4N2/c1-2-8(14)15-9(13)4-6(11)5(10)3-7(9)12/h3,8,15H,2,4,14H2,1H3. The predicted octanol–water partition coefficient (Wildman–Crippen LogP) is 2.34. The molecule has 3 N–H and O–H groups in total. The Morgan fingerprint density at radius 3 is 2.67 bits per heavy atom. The maximum atomic E-state index is 13.8. The fourth-order valence-electron chi connectivity index (χ4n) is 1.20. The maximum Gasteiger partial charge on any atom is 0.221 e. The van der Waals surface area contributed by atoms with Crippen molar-refractivity contribution < 1.29 is 17.6 Å². The van der Waals surface area contributed by atoms with Gasteiger partial charge in [0.2, 0.25) is 5.79 Å². The van der Waals surface area contributed by atoms with Gasteiger partial charge in [-0.2, -0.15) is 0 Å². The molecular formula is C9H12F4N2. The molecule has 2 atom stereocenters. The second-order valence-corrected chi connectivity index (χ2v) is 3.38. The summed E-state index contributed by atoms with van der Waals surface area (Å²) >= 11 is 0. The second kappa shape index (κ2) is 4.32. The van der Waals surface area contributed by atoms with Crippen LogP contribution in [0.25, 0.3) is 0 Å². The zero-order valence-electron chi connectivity index (χ0n) is 8.16. The van der Waals surface area contributed by atoms with Crippen LogP contribution in [0.4, 0.5) is 17.6 Å². The van der Waals surface area contributed by atoms with Crippen molar-refractivity contribution in [2.75, 3.05) is 0 Å². The first-order chi connectivity index (χ1) is 6.89. The molecule has 0 aromatic heterocycles. The molecule has 0 fully saturated rings. The molecule has 0 saturated carbocycles. The van der Waals surface area contributed by atoms with E-state index in [2.05, 4.69) is 5.32 Å². The van der Waals surface area contributed by atoms with Crippen LogP contribution in [0.3, 0.4) is 0 Å². The summed E-state index contributed by atoms with van der Waals surface area (Å²) < 4.78 is 52.2. The summed E-state index contributed by atoms with van der Waals surface area (Å²) in [6.45, 7) is 1.65. The highest BCUT2D eigenvalue weighted by Crippen LogP contribution is 2.36. The molecule has 2 nitrogen and oxygen atoms in total. The number of halogens is 4. The first-order valence-electron chi connectivity index (χ1n) is 4.53. The van der Waals surface area contributed by atoms with E-state index in [1.54, 1.807) is 6.92 Å². The maximum absolute atomic E-state index is 13.8. The highest BCUT2D eigenvalue weighted by Gasteiger charge is 2.41. The van der Waals surface area contributed by atoms with Gasteiger partial charge >= 0.3 is 0 Å². The summed E-state index contributed by atoms with van der Waals surface area (Å²) in [7, 11) is 0. The van der Waals surface area contributed by atoms with Crippen LogP contribution in [0, 0.1) is 0 Å². The molecule has 0 spiro atoms. The molecule has 2 unspecified atom stereocenters. The Kier molecular flexibility index (Phi) is 3.51. The van der Waals surface area contributed by atoms with Gasteiger partial charge in [0, 0.05) is 6.08 Å². The Hall–Kier alpha value is -0.880. The lowest BCUT2D eigenvalue weighted by Gasteiger charge is -2.29. The molecule has 6 heteroatoms. The molecule has 1 rings (SSSR count). The highest BCUT2D eigenvalue weighted by molar-refractivity contribution is 5.30.